The third-order valence-corrected chi connectivity index (χ3v) is 1.61. The third-order valence-electron chi connectivity index (χ3n) is 0.915. The Labute approximate surface area is 59.8 Å². The van der Waals surface area contributed by atoms with Crippen molar-refractivity contribution in [2.75, 3.05) is 0 Å². The molecule has 0 aliphatic carbocycles. The van der Waals surface area contributed by atoms with Crippen LogP contribution in [0.3, 0.4) is 0 Å². The first-order valence-corrected chi connectivity index (χ1v) is 3.68. The molecule has 1 radical (unpaired) electrons. The lowest BCUT2D eigenvalue weighted by Crippen LogP contribution is -2.21. The van der Waals surface area contributed by atoms with Gasteiger partial charge < -0.3 is 0 Å². The summed E-state index contributed by atoms with van der Waals surface area (Å²) in [6, 6.07) is 6.03. The summed E-state index contributed by atoms with van der Waals surface area (Å²) in [7, 11) is 0. The molecule has 1 heterocycles. The van der Waals surface area contributed by atoms with E-state index in [1.165, 1.54) is 0 Å². The van der Waals surface area contributed by atoms with Crippen molar-refractivity contribution < 1.29 is 3.97 Å². The van der Waals surface area contributed by atoms with Crippen LogP contribution in [0.15, 0.2) is 30.6 Å². The van der Waals surface area contributed by atoms with E-state index in [9.17, 15) is 0 Å². The van der Waals surface area contributed by atoms with Gasteiger partial charge in [-0.25, -0.2) is 0 Å². The van der Waals surface area contributed by atoms with Crippen molar-refractivity contribution >= 4 is 11.9 Å². The zero-order valence-corrected chi connectivity index (χ0v) is 6.14. The molecule has 0 amide bonds. The number of rotatable bonds is 2. The molecule has 1 aromatic heterocycles. The van der Waals surface area contributed by atoms with E-state index in [0.717, 1.165) is 0 Å². The van der Waals surface area contributed by atoms with E-state index in [4.69, 9.17) is 0 Å². The summed E-state index contributed by atoms with van der Waals surface area (Å²) in [4.78, 5) is 0. The SMILES string of the molecule is C[CH]S[n+]1ccccc1. The summed E-state index contributed by atoms with van der Waals surface area (Å²) in [5.41, 5.74) is 0. The summed E-state index contributed by atoms with van der Waals surface area (Å²) in [6.45, 7) is 2.02. The number of aromatic nitrogens is 1. The Kier molecular flexibility index (Phi) is 2.58. The van der Waals surface area contributed by atoms with E-state index in [1.807, 2.05) is 47.2 Å². The Bertz CT molecular complexity index is 162. The molecule has 1 aromatic rings. The van der Waals surface area contributed by atoms with E-state index < -0.39 is 0 Å². The summed E-state index contributed by atoms with van der Waals surface area (Å²) >= 11 is 1.67. The summed E-state index contributed by atoms with van der Waals surface area (Å²) in [6.07, 6.45) is 4.04. The average Bonchev–Trinajstić information content (AvgIpc) is 1.91. The zero-order valence-electron chi connectivity index (χ0n) is 5.32. The van der Waals surface area contributed by atoms with Gasteiger partial charge in [0.25, 0.3) is 0 Å². The molecule has 0 aromatic carbocycles. The van der Waals surface area contributed by atoms with Gasteiger partial charge in [-0.2, -0.15) is 0 Å². The number of hydrogen-bond donors (Lipinski definition) is 0. The normalized spacial score (nSPS) is 9.44. The highest BCUT2D eigenvalue weighted by Crippen LogP contribution is 1.95. The fourth-order valence-electron chi connectivity index (χ4n) is 0.575. The number of hydrogen-bond acceptors (Lipinski definition) is 1. The predicted molar refractivity (Wildman–Crippen MR) is 39.6 cm³/mol. The van der Waals surface area contributed by atoms with Crippen molar-refractivity contribution in [3.05, 3.63) is 36.3 Å². The second-order valence-electron chi connectivity index (χ2n) is 1.58. The van der Waals surface area contributed by atoms with Gasteiger partial charge in [-0.1, -0.05) is 6.07 Å². The summed E-state index contributed by atoms with van der Waals surface area (Å²) in [5, 5.41) is 0. The van der Waals surface area contributed by atoms with Crippen LogP contribution in [0.25, 0.3) is 0 Å². The van der Waals surface area contributed by atoms with Crippen molar-refractivity contribution in [1.82, 2.24) is 0 Å². The lowest BCUT2D eigenvalue weighted by Gasteiger charge is -1.84. The quantitative estimate of drug-likeness (QED) is 0.563. The Morgan fingerprint density at radius 2 is 1.89 bits per heavy atom. The topological polar surface area (TPSA) is 3.88 Å². The number of pyridine rings is 1. The molecule has 0 spiro atoms. The summed E-state index contributed by atoms with van der Waals surface area (Å²) in [5.74, 6) is 2.04. The highest BCUT2D eigenvalue weighted by atomic mass is 32.2. The van der Waals surface area contributed by atoms with E-state index in [2.05, 4.69) is 0 Å². The van der Waals surface area contributed by atoms with Gasteiger partial charge in [-0.05, 0) is 6.92 Å². The molecule has 9 heavy (non-hydrogen) atoms. The minimum atomic E-state index is 1.67. The van der Waals surface area contributed by atoms with Crippen LogP contribution in [0.2, 0.25) is 0 Å². The molecule has 47 valence electrons. The molecule has 1 nitrogen and oxygen atoms in total. The van der Waals surface area contributed by atoms with Crippen molar-refractivity contribution in [1.29, 1.82) is 0 Å². The van der Waals surface area contributed by atoms with Crippen molar-refractivity contribution in [2.45, 2.75) is 6.92 Å². The van der Waals surface area contributed by atoms with E-state index in [0.29, 0.717) is 0 Å². The van der Waals surface area contributed by atoms with Gasteiger partial charge in [-0.15, -0.1) is 3.97 Å². The smallest absolute Gasteiger partial charge is 0.134 e. The molecule has 0 aliphatic heterocycles. The molecule has 0 atom stereocenters. The standard InChI is InChI=1S/C7H9NS/c1-2-9-8-6-4-3-5-7-8/h2-7H,1H3/q+1. The molecule has 1 rings (SSSR count). The molecule has 0 saturated carbocycles. The Morgan fingerprint density at radius 1 is 1.22 bits per heavy atom. The van der Waals surface area contributed by atoms with Crippen LogP contribution >= 0.6 is 11.9 Å². The molecule has 0 fully saturated rings. The van der Waals surface area contributed by atoms with E-state index >= 15 is 0 Å². The lowest BCUT2D eigenvalue weighted by atomic mass is 10.5. The van der Waals surface area contributed by atoms with Crippen molar-refractivity contribution in [2.24, 2.45) is 0 Å². The third kappa shape index (κ3) is 2.06. The predicted octanol–water partition coefficient (Wildman–Crippen LogP) is 1.65. The molecular formula is C7H9NS+. The van der Waals surface area contributed by atoms with Gasteiger partial charge in [0.1, 0.15) is 0 Å². The fraction of sp³-hybridized carbons (Fsp3) is 0.143. The maximum atomic E-state index is 2.04. The molecule has 0 unspecified atom stereocenters. The Balaban J connectivity index is 2.61. The Hall–Kier alpha value is -0.500. The van der Waals surface area contributed by atoms with Gasteiger partial charge in [0.2, 0.25) is 0 Å². The van der Waals surface area contributed by atoms with E-state index in [1.54, 1.807) is 11.9 Å². The molecule has 0 aliphatic rings. The molecule has 0 N–H and O–H groups in total. The van der Waals surface area contributed by atoms with Crippen LogP contribution in [0.1, 0.15) is 6.92 Å². The Morgan fingerprint density at radius 3 is 2.44 bits per heavy atom. The van der Waals surface area contributed by atoms with E-state index in [-0.39, 0.29) is 0 Å². The second kappa shape index (κ2) is 3.51. The first kappa shape index (κ1) is 6.62. The minimum absolute atomic E-state index is 1.67. The molecule has 2 heteroatoms. The van der Waals surface area contributed by atoms with Crippen LogP contribution in [-0.2, 0) is 0 Å². The summed E-state index contributed by atoms with van der Waals surface area (Å²) < 4.78 is 2.04. The average molecular weight is 139 g/mol. The maximum absolute atomic E-state index is 2.04. The minimum Gasteiger partial charge on any atom is -0.134 e. The monoisotopic (exact) mass is 139 g/mol. The van der Waals surface area contributed by atoms with Gasteiger partial charge in [0.15, 0.2) is 24.3 Å². The van der Waals surface area contributed by atoms with Gasteiger partial charge in [0, 0.05) is 12.1 Å². The van der Waals surface area contributed by atoms with Crippen LogP contribution in [0, 0.1) is 5.75 Å². The molecule has 0 saturated heterocycles. The van der Waals surface area contributed by atoms with Gasteiger partial charge >= 0.3 is 0 Å². The number of nitrogens with zero attached hydrogens (tertiary/aromatic N) is 1. The first-order chi connectivity index (χ1) is 4.43. The van der Waals surface area contributed by atoms with Crippen LogP contribution in [0.4, 0.5) is 0 Å². The molecule has 0 bridgehead atoms. The van der Waals surface area contributed by atoms with Crippen LogP contribution in [-0.4, -0.2) is 0 Å². The zero-order chi connectivity index (χ0) is 6.53. The van der Waals surface area contributed by atoms with Crippen molar-refractivity contribution in [3.8, 4) is 0 Å². The maximum Gasteiger partial charge on any atom is 0.183 e. The largest absolute Gasteiger partial charge is 0.183 e. The fourth-order valence-corrected chi connectivity index (χ4v) is 1.10. The van der Waals surface area contributed by atoms with Crippen LogP contribution < -0.4 is 3.97 Å². The highest BCUT2D eigenvalue weighted by molar-refractivity contribution is 7.94. The van der Waals surface area contributed by atoms with Gasteiger partial charge in [0.05, 0.1) is 5.75 Å². The lowest BCUT2D eigenvalue weighted by molar-refractivity contribution is -0.493. The second-order valence-corrected chi connectivity index (χ2v) is 2.68. The van der Waals surface area contributed by atoms with Gasteiger partial charge in [-0.3, -0.25) is 0 Å². The van der Waals surface area contributed by atoms with Crippen LogP contribution in [0.5, 0.6) is 0 Å². The molecular weight excluding hydrogens is 130 g/mol. The van der Waals surface area contributed by atoms with Crippen molar-refractivity contribution in [3.63, 3.8) is 0 Å². The highest BCUT2D eigenvalue weighted by Gasteiger charge is 1.94. The first-order valence-electron chi connectivity index (χ1n) is 2.85.